The Bertz CT molecular complexity index is 260. The molecule has 0 saturated carbocycles. The Morgan fingerprint density at radius 1 is 1.73 bits per heavy atom. The van der Waals surface area contributed by atoms with Gasteiger partial charge in [-0.2, -0.15) is 0 Å². The first-order valence-corrected chi connectivity index (χ1v) is 4.12. The minimum atomic E-state index is -0.244. The van der Waals surface area contributed by atoms with Gasteiger partial charge >= 0.3 is 5.97 Å². The molecule has 0 spiro atoms. The molecule has 0 unspecified atom stereocenters. The lowest BCUT2D eigenvalue weighted by Crippen LogP contribution is -2.02. The predicted octanol–water partition coefficient (Wildman–Crippen LogP) is 0.102. The van der Waals surface area contributed by atoms with Gasteiger partial charge in [0.05, 0.1) is 7.11 Å². The monoisotopic (exact) mass is 168 g/mol. The summed E-state index contributed by atoms with van der Waals surface area (Å²) in [5.74, 6) is -0.244. The highest BCUT2D eigenvalue weighted by molar-refractivity contribution is 7.14. The summed E-state index contributed by atoms with van der Waals surface area (Å²) in [6.45, 7) is 1.99. The molecule has 1 heterocycles. The number of aryl methyl sites for hydroxylation is 1. The number of esters is 1. The third-order valence-corrected chi connectivity index (χ3v) is 2.69. The van der Waals surface area contributed by atoms with E-state index < -0.39 is 0 Å². The molecule has 11 heavy (non-hydrogen) atoms. The Balaban J connectivity index is 2.97. The molecule has 0 bridgehead atoms. The number of hydrogen-bond acceptors (Lipinski definition) is 3. The second kappa shape index (κ2) is 3.09. The number of hydrogen-bond donors (Lipinski definition) is 0. The fourth-order valence-electron chi connectivity index (χ4n) is 0.774. The summed E-state index contributed by atoms with van der Waals surface area (Å²) in [7, 11) is 3.38. The molecule has 0 amide bonds. The van der Waals surface area contributed by atoms with Gasteiger partial charge in [0.15, 0.2) is 0 Å². The number of ether oxygens (including phenoxy) is 1. The zero-order valence-corrected chi connectivity index (χ0v) is 7.62. The Hall–Kier alpha value is -0.765. The minimum absolute atomic E-state index is 0.244. The molecular weight excluding hydrogens is 159 g/mol. The van der Waals surface area contributed by atoms with Crippen molar-refractivity contribution in [3.63, 3.8) is 0 Å². The van der Waals surface area contributed by atoms with Gasteiger partial charge in [0, 0.05) is 0 Å². The normalized spacial score (nSPS) is 9.64. The number of rotatable bonds is 1. The lowest BCUT2D eigenvalue weighted by atomic mass is 9.97. The van der Waals surface area contributed by atoms with Gasteiger partial charge < -0.3 is 4.74 Å². The predicted molar refractivity (Wildman–Crippen MR) is 48.6 cm³/mol. The van der Waals surface area contributed by atoms with Gasteiger partial charge in [0.1, 0.15) is 12.7 Å². The lowest BCUT2D eigenvalue weighted by Gasteiger charge is -1.90. The average Bonchev–Trinajstić information content (AvgIpc) is 2.31. The van der Waals surface area contributed by atoms with Gasteiger partial charge in [-0.15, -0.1) is 11.3 Å². The van der Waals surface area contributed by atoms with Gasteiger partial charge in [-0.05, 0) is 17.9 Å². The molecule has 0 aromatic carbocycles. The van der Waals surface area contributed by atoms with Crippen molar-refractivity contribution < 1.29 is 9.53 Å². The first kappa shape index (κ1) is 8.33. The molecule has 0 aliphatic carbocycles. The molecule has 0 atom stereocenters. The van der Waals surface area contributed by atoms with E-state index in [1.165, 1.54) is 23.3 Å². The molecule has 1 aromatic rings. The van der Waals surface area contributed by atoms with Crippen LogP contribution in [0.15, 0.2) is 6.07 Å². The molecule has 0 fully saturated rings. The van der Waals surface area contributed by atoms with Crippen LogP contribution in [0.1, 0.15) is 14.5 Å². The van der Waals surface area contributed by atoms with Crippen molar-refractivity contribution in [3.8, 4) is 0 Å². The Labute approximate surface area is 70.6 Å². The van der Waals surface area contributed by atoms with E-state index in [9.17, 15) is 4.79 Å². The summed E-state index contributed by atoms with van der Waals surface area (Å²) in [6.07, 6.45) is 0. The maximum Gasteiger partial charge on any atom is 0.348 e. The summed E-state index contributed by atoms with van der Waals surface area (Å²) in [4.78, 5) is 12.8. The first-order chi connectivity index (χ1) is 5.15. The van der Waals surface area contributed by atoms with Crippen LogP contribution in [-0.4, -0.2) is 20.9 Å². The van der Waals surface area contributed by atoms with E-state index in [1.54, 1.807) is 0 Å². The quantitative estimate of drug-likeness (QED) is 0.439. The molecule has 4 heteroatoms. The molecule has 0 aliphatic rings. The smallest absolute Gasteiger partial charge is 0.348 e. The van der Waals surface area contributed by atoms with Crippen molar-refractivity contribution in [1.82, 2.24) is 0 Å². The second-order valence-electron chi connectivity index (χ2n) is 2.34. The van der Waals surface area contributed by atoms with E-state index in [-0.39, 0.29) is 5.97 Å². The SMILES string of the molecule is Bc1cc(C(=O)OC)sc1C. The fraction of sp³-hybridized carbons (Fsp3) is 0.286. The molecule has 1 aromatic heterocycles. The van der Waals surface area contributed by atoms with Crippen LogP contribution in [0.4, 0.5) is 0 Å². The number of carbonyl (C=O) groups excluding carboxylic acids is 1. The topological polar surface area (TPSA) is 26.3 Å². The van der Waals surface area contributed by atoms with E-state index in [0.717, 1.165) is 5.46 Å². The van der Waals surface area contributed by atoms with Crippen molar-refractivity contribution in [2.45, 2.75) is 6.92 Å². The zero-order valence-electron chi connectivity index (χ0n) is 6.80. The second-order valence-corrected chi connectivity index (χ2v) is 3.60. The molecule has 0 radical (unpaired) electrons. The van der Waals surface area contributed by atoms with Crippen molar-refractivity contribution in [2.24, 2.45) is 0 Å². The van der Waals surface area contributed by atoms with Crippen molar-refractivity contribution in [3.05, 3.63) is 15.8 Å². The summed E-state index contributed by atoms with van der Waals surface area (Å²) in [6, 6.07) is 1.85. The highest BCUT2D eigenvalue weighted by atomic mass is 32.1. The molecule has 2 nitrogen and oxygen atoms in total. The minimum Gasteiger partial charge on any atom is -0.465 e. The van der Waals surface area contributed by atoms with Crippen LogP contribution in [0.5, 0.6) is 0 Å². The van der Waals surface area contributed by atoms with E-state index in [0.29, 0.717) is 4.88 Å². The van der Waals surface area contributed by atoms with Crippen LogP contribution in [0.2, 0.25) is 0 Å². The van der Waals surface area contributed by atoms with Gasteiger partial charge in [0.2, 0.25) is 0 Å². The van der Waals surface area contributed by atoms with Gasteiger partial charge in [-0.1, -0.05) is 5.46 Å². The molecule has 1 rings (SSSR count). The summed E-state index contributed by atoms with van der Waals surface area (Å²) < 4.78 is 4.58. The lowest BCUT2D eigenvalue weighted by molar-refractivity contribution is 0.0606. The van der Waals surface area contributed by atoms with Crippen LogP contribution >= 0.6 is 11.3 Å². The number of thiophene rings is 1. The van der Waals surface area contributed by atoms with Crippen molar-refractivity contribution >= 4 is 30.6 Å². The highest BCUT2D eigenvalue weighted by Crippen LogP contribution is 2.12. The molecule has 0 saturated heterocycles. The van der Waals surface area contributed by atoms with E-state index >= 15 is 0 Å². The van der Waals surface area contributed by atoms with E-state index in [4.69, 9.17) is 0 Å². The van der Waals surface area contributed by atoms with Crippen LogP contribution in [-0.2, 0) is 4.74 Å². The zero-order chi connectivity index (χ0) is 8.43. The fourth-order valence-corrected chi connectivity index (χ4v) is 1.73. The van der Waals surface area contributed by atoms with Crippen molar-refractivity contribution in [2.75, 3.05) is 7.11 Å². The van der Waals surface area contributed by atoms with Gasteiger partial charge in [0.25, 0.3) is 0 Å². The Morgan fingerprint density at radius 3 is 2.73 bits per heavy atom. The molecule has 58 valence electrons. The number of methoxy groups -OCH3 is 1. The van der Waals surface area contributed by atoms with Crippen LogP contribution < -0.4 is 5.46 Å². The summed E-state index contributed by atoms with van der Waals surface area (Å²) in [5.41, 5.74) is 1.15. The first-order valence-electron chi connectivity index (χ1n) is 3.30. The summed E-state index contributed by atoms with van der Waals surface area (Å²) in [5, 5.41) is 0. The maximum absolute atomic E-state index is 11.0. The van der Waals surface area contributed by atoms with Crippen molar-refractivity contribution in [1.29, 1.82) is 0 Å². The maximum atomic E-state index is 11.0. The van der Waals surface area contributed by atoms with E-state index in [1.807, 2.05) is 20.8 Å². The van der Waals surface area contributed by atoms with Gasteiger partial charge in [-0.25, -0.2) is 4.79 Å². The molecular formula is C7H9BO2S. The van der Waals surface area contributed by atoms with Crippen LogP contribution in [0.3, 0.4) is 0 Å². The Morgan fingerprint density at radius 2 is 2.36 bits per heavy atom. The molecule has 0 N–H and O–H groups in total. The van der Waals surface area contributed by atoms with E-state index in [2.05, 4.69) is 4.74 Å². The van der Waals surface area contributed by atoms with Crippen LogP contribution in [0.25, 0.3) is 0 Å². The average molecular weight is 168 g/mol. The third-order valence-electron chi connectivity index (χ3n) is 1.55. The molecule has 0 aliphatic heterocycles. The number of carbonyl (C=O) groups is 1. The summed E-state index contributed by atoms with van der Waals surface area (Å²) >= 11 is 1.47. The largest absolute Gasteiger partial charge is 0.465 e. The standard InChI is InChI=1S/C7H9BO2S/c1-4-5(8)3-6(11-4)7(9)10-2/h3H,8H2,1-2H3. The van der Waals surface area contributed by atoms with Gasteiger partial charge in [-0.3, -0.25) is 0 Å². The Kier molecular flexibility index (Phi) is 2.34. The highest BCUT2D eigenvalue weighted by Gasteiger charge is 2.09. The van der Waals surface area contributed by atoms with Crippen LogP contribution in [0, 0.1) is 6.92 Å². The third kappa shape index (κ3) is 1.63.